The number of carbonyl (C=O) groups excluding carboxylic acids is 1. The van der Waals surface area contributed by atoms with Crippen LogP contribution in [-0.2, 0) is 11.2 Å². The molecular formula is C14H22N4O3. The quantitative estimate of drug-likeness (QED) is 0.687. The second kappa shape index (κ2) is 6.60. The Kier molecular flexibility index (Phi) is 4.82. The van der Waals surface area contributed by atoms with Crippen LogP contribution in [0.15, 0.2) is 12.4 Å². The van der Waals surface area contributed by atoms with Crippen molar-refractivity contribution in [3.8, 4) is 0 Å². The van der Waals surface area contributed by atoms with Gasteiger partial charge in [-0.25, -0.2) is 9.78 Å². The minimum Gasteiger partial charge on any atom is -0.481 e. The molecule has 2 heterocycles. The molecule has 0 saturated carbocycles. The van der Waals surface area contributed by atoms with Crippen LogP contribution in [0.25, 0.3) is 0 Å². The molecule has 1 aliphatic heterocycles. The van der Waals surface area contributed by atoms with Gasteiger partial charge in [-0.3, -0.25) is 4.79 Å². The summed E-state index contributed by atoms with van der Waals surface area (Å²) in [5, 5.41) is 12.2. The predicted molar refractivity (Wildman–Crippen MR) is 76.9 cm³/mol. The molecule has 1 aromatic rings. The SMILES string of the molecule is CCC1(C(=O)O)CCN(C(=O)NCCCc2ncc[nH]2)C1. The molecule has 0 bridgehead atoms. The van der Waals surface area contributed by atoms with Gasteiger partial charge in [0.25, 0.3) is 0 Å². The molecule has 0 radical (unpaired) electrons. The van der Waals surface area contributed by atoms with Crippen molar-refractivity contribution in [3.63, 3.8) is 0 Å². The minimum atomic E-state index is -0.807. The molecule has 1 atom stereocenters. The number of imidazole rings is 1. The number of aromatic amines is 1. The van der Waals surface area contributed by atoms with Gasteiger partial charge in [-0.05, 0) is 19.3 Å². The third-order valence-corrected chi connectivity index (χ3v) is 4.19. The van der Waals surface area contributed by atoms with E-state index in [-0.39, 0.29) is 6.03 Å². The van der Waals surface area contributed by atoms with E-state index in [0.29, 0.717) is 32.5 Å². The minimum absolute atomic E-state index is 0.175. The maximum Gasteiger partial charge on any atom is 0.317 e. The number of likely N-dealkylation sites (tertiary alicyclic amines) is 1. The maximum atomic E-state index is 12.0. The van der Waals surface area contributed by atoms with E-state index < -0.39 is 11.4 Å². The van der Waals surface area contributed by atoms with Crippen LogP contribution < -0.4 is 5.32 Å². The molecule has 116 valence electrons. The first-order chi connectivity index (χ1) is 10.1. The van der Waals surface area contributed by atoms with Crippen LogP contribution in [0.1, 0.15) is 32.0 Å². The number of hydrogen-bond acceptors (Lipinski definition) is 3. The molecule has 2 rings (SSSR count). The fourth-order valence-electron chi connectivity index (χ4n) is 2.66. The topological polar surface area (TPSA) is 98.3 Å². The van der Waals surface area contributed by atoms with E-state index >= 15 is 0 Å². The van der Waals surface area contributed by atoms with Crippen LogP contribution in [-0.4, -0.2) is 51.6 Å². The number of H-pyrrole nitrogens is 1. The highest BCUT2D eigenvalue weighted by Crippen LogP contribution is 2.34. The van der Waals surface area contributed by atoms with Crippen LogP contribution in [0.5, 0.6) is 0 Å². The van der Waals surface area contributed by atoms with Gasteiger partial charge in [-0.15, -0.1) is 0 Å². The van der Waals surface area contributed by atoms with E-state index in [9.17, 15) is 14.7 Å². The molecule has 0 spiro atoms. The highest BCUT2D eigenvalue weighted by molar-refractivity contribution is 5.79. The third kappa shape index (κ3) is 3.53. The normalized spacial score (nSPS) is 21.5. The molecule has 1 aromatic heterocycles. The first-order valence-corrected chi connectivity index (χ1v) is 7.32. The summed E-state index contributed by atoms with van der Waals surface area (Å²) in [7, 11) is 0. The summed E-state index contributed by atoms with van der Waals surface area (Å²) in [5.74, 6) is 0.0967. The van der Waals surface area contributed by atoms with E-state index in [4.69, 9.17) is 0 Å². The number of nitrogens with zero attached hydrogens (tertiary/aromatic N) is 2. The van der Waals surface area contributed by atoms with Crippen molar-refractivity contribution < 1.29 is 14.7 Å². The number of aryl methyl sites for hydroxylation is 1. The molecule has 1 aliphatic rings. The number of aromatic nitrogens is 2. The van der Waals surface area contributed by atoms with Gasteiger partial charge in [-0.2, -0.15) is 0 Å². The third-order valence-electron chi connectivity index (χ3n) is 4.19. The van der Waals surface area contributed by atoms with Gasteiger partial charge in [0.05, 0.1) is 5.41 Å². The second-order valence-corrected chi connectivity index (χ2v) is 5.48. The first-order valence-electron chi connectivity index (χ1n) is 7.32. The van der Waals surface area contributed by atoms with Crippen LogP contribution in [0.3, 0.4) is 0 Å². The van der Waals surface area contributed by atoms with Crippen molar-refractivity contribution in [1.29, 1.82) is 0 Å². The lowest BCUT2D eigenvalue weighted by Crippen LogP contribution is -2.42. The number of rotatable bonds is 6. The Balaban J connectivity index is 1.73. The zero-order valence-electron chi connectivity index (χ0n) is 12.3. The van der Waals surface area contributed by atoms with Gasteiger partial charge in [0.15, 0.2) is 0 Å². The van der Waals surface area contributed by atoms with Gasteiger partial charge in [0.1, 0.15) is 5.82 Å². The van der Waals surface area contributed by atoms with Gasteiger partial charge in [0.2, 0.25) is 0 Å². The van der Waals surface area contributed by atoms with Crippen LogP contribution >= 0.6 is 0 Å². The molecule has 1 saturated heterocycles. The van der Waals surface area contributed by atoms with Crippen molar-refractivity contribution in [2.75, 3.05) is 19.6 Å². The number of aliphatic carboxylic acids is 1. The molecule has 7 heteroatoms. The summed E-state index contributed by atoms with van der Waals surface area (Å²) >= 11 is 0. The fourth-order valence-corrected chi connectivity index (χ4v) is 2.66. The average molecular weight is 294 g/mol. The van der Waals surface area contributed by atoms with Gasteiger partial charge in [0, 0.05) is 38.4 Å². The molecule has 0 aromatic carbocycles. The Bertz CT molecular complexity index is 488. The number of carbonyl (C=O) groups is 2. The number of amides is 2. The molecular weight excluding hydrogens is 272 g/mol. The smallest absolute Gasteiger partial charge is 0.317 e. The summed E-state index contributed by atoms with van der Waals surface area (Å²) in [6.45, 7) is 3.22. The number of carboxylic acid groups (broad SMARTS) is 1. The number of urea groups is 1. The van der Waals surface area contributed by atoms with E-state index in [2.05, 4.69) is 15.3 Å². The zero-order valence-corrected chi connectivity index (χ0v) is 12.3. The van der Waals surface area contributed by atoms with Crippen molar-refractivity contribution in [2.24, 2.45) is 5.41 Å². The highest BCUT2D eigenvalue weighted by Gasteiger charge is 2.44. The Morgan fingerprint density at radius 2 is 2.38 bits per heavy atom. The zero-order chi connectivity index (χ0) is 15.3. The van der Waals surface area contributed by atoms with Crippen molar-refractivity contribution in [1.82, 2.24) is 20.2 Å². The van der Waals surface area contributed by atoms with Gasteiger partial charge in [-0.1, -0.05) is 6.92 Å². The number of carboxylic acids is 1. The standard InChI is InChI=1S/C14H22N4O3/c1-2-14(12(19)20)5-9-18(10-14)13(21)17-6-3-4-11-15-7-8-16-11/h7-8H,2-6,9-10H2,1H3,(H,15,16)(H,17,21)(H,19,20). The van der Waals surface area contributed by atoms with E-state index in [1.54, 1.807) is 17.3 Å². The lowest BCUT2D eigenvalue weighted by atomic mass is 9.84. The van der Waals surface area contributed by atoms with Crippen molar-refractivity contribution in [2.45, 2.75) is 32.6 Å². The monoisotopic (exact) mass is 294 g/mol. The molecule has 1 unspecified atom stereocenters. The molecule has 0 aliphatic carbocycles. The number of nitrogens with one attached hydrogen (secondary N) is 2. The maximum absolute atomic E-state index is 12.0. The molecule has 1 fully saturated rings. The first kappa shape index (κ1) is 15.3. The lowest BCUT2D eigenvalue weighted by Gasteiger charge is -2.23. The van der Waals surface area contributed by atoms with E-state index in [1.165, 1.54) is 0 Å². The van der Waals surface area contributed by atoms with E-state index in [1.807, 2.05) is 6.92 Å². The Labute approximate surface area is 123 Å². The molecule has 3 N–H and O–H groups in total. The summed E-state index contributed by atoms with van der Waals surface area (Å²) in [5.41, 5.74) is -0.772. The van der Waals surface area contributed by atoms with E-state index in [0.717, 1.165) is 18.7 Å². The molecule has 21 heavy (non-hydrogen) atoms. The van der Waals surface area contributed by atoms with Crippen molar-refractivity contribution in [3.05, 3.63) is 18.2 Å². The van der Waals surface area contributed by atoms with Crippen LogP contribution in [0, 0.1) is 5.41 Å². The molecule has 2 amide bonds. The summed E-state index contributed by atoms with van der Waals surface area (Å²) in [4.78, 5) is 32.1. The average Bonchev–Trinajstić information content (AvgIpc) is 3.13. The largest absolute Gasteiger partial charge is 0.481 e. The van der Waals surface area contributed by atoms with Gasteiger partial charge < -0.3 is 20.3 Å². The lowest BCUT2D eigenvalue weighted by molar-refractivity contribution is -0.148. The van der Waals surface area contributed by atoms with Crippen molar-refractivity contribution >= 4 is 12.0 Å². The number of hydrogen-bond donors (Lipinski definition) is 3. The summed E-state index contributed by atoms with van der Waals surface area (Å²) in [6.07, 6.45) is 6.12. The summed E-state index contributed by atoms with van der Waals surface area (Å²) in [6, 6.07) is -0.175. The fraction of sp³-hybridized carbons (Fsp3) is 0.643. The Morgan fingerprint density at radius 1 is 1.57 bits per heavy atom. The predicted octanol–water partition coefficient (Wildman–Crippen LogP) is 1.24. The van der Waals surface area contributed by atoms with Crippen LogP contribution in [0.2, 0.25) is 0 Å². The van der Waals surface area contributed by atoms with Crippen LogP contribution in [0.4, 0.5) is 4.79 Å². The second-order valence-electron chi connectivity index (χ2n) is 5.48. The Morgan fingerprint density at radius 3 is 2.95 bits per heavy atom. The highest BCUT2D eigenvalue weighted by atomic mass is 16.4. The van der Waals surface area contributed by atoms with Gasteiger partial charge >= 0.3 is 12.0 Å². The summed E-state index contributed by atoms with van der Waals surface area (Å²) < 4.78 is 0. The molecule has 7 nitrogen and oxygen atoms in total. The Hall–Kier alpha value is -2.05.